The number of hydrogen-bond donors (Lipinski definition) is 1. The van der Waals surface area contributed by atoms with Gasteiger partial charge in [-0.25, -0.2) is 13.1 Å². The van der Waals surface area contributed by atoms with Crippen LogP contribution < -0.4 is 4.72 Å². The number of thiophene rings is 1. The lowest BCUT2D eigenvalue weighted by Gasteiger charge is -2.08. The molecule has 1 N–H and O–H groups in total. The van der Waals surface area contributed by atoms with E-state index in [1.54, 1.807) is 24.3 Å². The zero-order valence-corrected chi connectivity index (χ0v) is 11.8. The van der Waals surface area contributed by atoms with Crippen LogP contribution in [0.2, 0.25) is 0 Å². The topological polar surface area (TPSA) is 70.0 Å². The normalized spacial score (nSPS) is 13.3. The van der Waals surface area contributed by atoms with Gasteiger partial charge in [-0.05, 0) is 31.9 Å². The van der Waals surface area contributed by atoms with Gasteiger partial charge in [-0.15, -0.1) is 11.3 Å². The third kappa shape index (κ3) is 3.53. The van der Waals surface area contributed by atoms with Crippen LogP contribution in [-0.4, -0.2) is 13.7 Å². The standard InChI is InChI=1S/C11H16N2O2S2/c1-4-11(6-12)17(14,15)13-7-10-5-8(2)9(3)16-10/h5,11,13H,4,7H2,1-3H3. The molecule has 0 saturated carbocycles. The number of sulfonamides is 1. The van der Waals surface area contributed by atoms with Crippen LogP contribution in [0, 0.1) is 25.2 Å². The smallest absolute Gasteiger partial charge is 0.211 e. The predicted molar refractivity (Wildman–Crippen MR) is 69.2 cm³/mol. The largest absolute Gasteiger partial charge is 0.228 e. The molecule has 1 rings (SSSR count). The Hall–Kier alpha value is -0.900. The van der Waals surface area contributed by atoms with E-state index in [0.717, 1.165) is 10.4 Å². The summed E-state index contributed by atoms with van der Waals surface area (Å²) < 4.78 is 25.9. The molecule has 94 valence electrons. The Morgan fingerprint density at radius 2 is 2.18 bits per heavy atom. The lowest BCUT2D eigenvalue weighted by Crippen LogP contribution is -2.32. The Bertz CT molecular complexity index is 507. The second-order valence-electron chi connectivity index (χ2n) is 3.84. The van der Waals surface area contributed by atoms with Crippen LogP contribution >= 0.6 is 11.3 Å². The van der Waals surface area contributed by atoms with Crippen LogP contribution in [0.4, 0.5) is 0 Å². The third-order valence-electron chi connectivity index (χ3n) is 2.55. The average molecular weight is 272 g/mol. The number of nitrogens with zero attached hydrogens (tertiary/aromatic N) is 1. The maximum absolute atomic E-state index is 11.7. The van der Waals surface area contributed by atoms with Crippen LogP contribution in [0.5, 0.6) is 0 Å². The first kappa shape index (κ1) is 14.2. The van der Waals surface area contributed by atoms with Crippen molar-refractivity contribution in [2.24, 2.45) is 0 Å². The summed E-state index contributed by atoms with van der Waals surface area (Å²) in [4.78, 5) is 2.16. The highest BCUT2D eigenvalue weighted by atomic mass is 32.2. The first-order chi connectivity index (χ1) is 7.90. The summed E-state index contributed by atoms with van der Waals surface area (Å²) in [5, 5.41) is 7.77. The number of nitrogens with one attached hydrogen (secondary N) is 1. The van der Waals surface area contributed by atoms with Crippen molar-refractivity contribution < 1.29 is 8.42 Å². The van der Waals surface area contributed by atoms with E-state index in [4.69, 9.17) is 5.26 Å². The van der Waals surface area contributed by atoms with Crippen LogP contribution in [0.25, 0.3) is 0 Å². The van der Waals surface area contributed by atoms with Crippen molar-refractivity contribution in [3.63, 3.8) is 0 Å². The molecule has 1 aromatic heterocycles. The van der Waals surface area contributed by atoms with E-state index in [9.17, 15) is 8.42 Å². The van der Waals surface area contributed by atoms with Gasteiger partial charge in [-0.2, -0.15) is 5.26 Å². The summed E-state index contributed by atoms with van der Waals surface area (Å²) in [5.41, 5.74) is 1.16. The van der Waals surface area contributed by atoms with Gasteiger partial charge in [-0.1, -0.05) is 6.92 Å². The number of nitriles is 1. The first-order valence-corrected chi connectivity index (χ1v) is 7.71. The van der Waals surface area contributed by atoms with E-state index in [2.05, 4.69) is 4.72 Å². The molecule has 0 fully saturated rings. The third-order valence-corrected chi connectivity index (χ3v) is 5.44. The highest BCUT2D eigenvalue weighted by molar-refractivity contribution is 7.90. The van der Waals surface area contributed by atoms with Gasteiger partial charge in [0.25, 0.3) is 0 Å². The molecule has 17 heavy (non-hydrogen) atoms. The van der Waals surface area contributed by atoms with Crippen LogP contribution in [0.1, 0.15) is 28.7 Å². The molecule has 0 radical (unpaired) electrons. The van der Waals surface area contributed by atoms with E-state index in [1.807, 2.05) is 19.9 Å². The molecule has 0 aliphatic rings. The zero-order chi connectivity index (χ0) is 13.1. The summed E-state index contributed by atoms with van der Waals surface area (Å²) >= 11 is 1.57. The molecule has 1 atom stereocenters. The Balaban J connectivity index is 2.71. The molecule has 0 aliphatic carbocycles. The maximum atomic E-state index is 11.7. The van der Waals surface area contributed by atoms with Crippen LogP contribution in [0.3, 0.4) is 0 Å². The van der Waals surface area contributed by atoms with Gasteiger partial charge < -0.3 is 0 Å². The van der Waals surface area contributed by atoms with Crippen molar-refractivity contribution in [2.75, 3.05) is 0 Å². The minimum absolute atomic E-state index is 0.264. The van der Waals surface area contributed by atoms with Gasteiger partial charge in [0.2, 0.25) is 10.0 Å². The minimum atomic E-state index is -3.53. The molecule has 0 bridgehead atoms. The molecule has 0 amide bonds. The predicted octanol–water partition coefficient (Wildman–Crippen LogP) is 2.09. The molecule has 4 nitrogen and oxygen atoms in total. The van der Waals surface area contributed by atoms with Gasteiger partial charge in [0.15, 0.2) is 5.25 Å². The molecule has 1 heterocycles. The summed E-state index contributed by atoms with van der Waals surface area (Å²) in [6.07, 6.45) is 0.300. The fraction of sp³-hybridized carbons (Fsp3) is 0.545. The monoisotopic (exact) mass is 272 g/mol. The molecule has 6 heteroatoms. The quantitative estimate of drug-likeness (QED) is 0.892. The number of hydrogen-bond acceptors (Lipinski definition) is 4. The molecule has 0 aliphatic heterocycles. The molecular formula is C11H16N2O2S2. The van der Waals surface area contributed by atoms with Gasteiger partial charge in [0.05, 0.1) is 6.07 Å². The van der Waals surface area contributed by atoms with Gasteiger partial charge in [-0.3, -0.25) is 0 Å². The summed E-state index contributed by atoms with van der Waals surface area (Å²) in [6.45, 7) is 5.95. The highest BCUT2D eigenvalue weighted by Gasteiger charge is 2.22. The van der Waals surface area contributed by atoms with Crippen LogP contribution in [0.15, 0.2) is 6.07 Å². The second kappa shape index (κ2) is 5.63. The Morgan fingerprint density at radius 3 is 2.59 bits per heavy atom. The summed E-state index contributed by atoms with van der Waals surface area (Å²) in [6, 6.07) is 3.77. The zero-order valence-electron chi connectivity index (χ0n) is 10.1. The van der Waals surface area contributed by atoms with Crippen molar-refractivity contribution in [3.8, 4) is 6.07 Å². The SMILES string of the molecule is CCC(C#N)S(=O)(=O)NCc1cc(C)c(C)s1. The van der Waals surface area contributed by atoms with Crippen LogP contribution in [-0.2, 0) is 16.6 Å². The fourth-order valence-electron chi connectivity index (χ4n) is 1.39. The Labute approximate surface area is 106 Å². The van der Waals surface area contributed by atoms with E-state index < -0.39 is 15.3 Å². The molecule has 1 unspecified atom stereocenters. The number of rotatable bonds is 5. The van der Waals surface area contributed by atoms with Crippen molar-refractivity contribution in [1.29, 1.82) is 5.26 Å². The fourth-order valence-corrected chi connectivity index (χ4v) is 3.61. The lowest BCUT2D eigenvalue weighted by atomic mass is 10.3. The molecule has 0 saturated heterocycles. The average Bonchev–Trinajstić information content (AvgIpc) is 2.57. The van der Waals surface area contributed by atoms with Gasteiger partial charge in [0, 0.05) is 16.3 Å². The molecular weight excluding hydrogens is 256 g/mol. The Kier molecular flexibility index (Phi) is 4.69. The van der Waals surface area contributed by atoms with E-state index in [-0.39, 0.29) is 6.54 Å². The first-order valence-electron chi connectivity index (χ1n) is 5.34. The van der Waals surface area contributed by atoms with Crippen molar-refractivity contribution in [3.05, 3.63) is 21.4 Å². The van der Waals surface area contributed by atoms with Crippen molar-refractivity contribution in [2.45, 2.75) is 39.0 Å². The highest BCUT2D eigenvalue weighted by Crippen LogP contribution is 2.20. The molecule has 0 spiro atoms. The summed E-state index contributed by atoms with van der Waals surface area (Å²) in [5.74, 6) is 0. The number of aryl methyl sites for hydroxylation is 2. The maximum Gasteiger partial charge on any atom is 0.228 e. The minimum Gasteiger partial charge on any atom is -0.211 e. The van der Waals surface area contributed by atoms with E-state index in [1.165, 1.54) is 4.88 Å². The summed E-state index contributed by atoms with van der Waals surface area (Å²) in [7, 11) is -3.53. The lowest BCUT2D eigenvalue weighted by molar-refractivity contribution is 0.573. The Morgan fingerprint density at radius 1 is 1.53 bits per heavy atom. The van der Waals surface area contributed by atoms with E-state index in [0.29, 0.717) is 6.42 Å². The van der Waals surface area contributed by atoms with Crippen molar-refractivity contribution in [1.82, 2.24) is 4.72 Å². The van der Waals surface area contributed by atoms with Crippen molar-refractivity contribution >= 4 is 21.4 Å². The van der Waals surface area contributed by atoms with Gasteiger partial charge in [0.1, 0.15) is 0 Å². The van der Waals surface area contributed by atoms with Gasteiger partial charge >= 0.3 is 0 Å². The second-order valence-corrected chi connectivity index (χ2v) is 7.13. The molecule has 1 aromatic rings. The molecule has 0 aromatic carbocycles. The van der Waals surface area contributed by atoms with E-state index >= 15 is 0 Å².